The standard InChI is InChI=1S/C16H23F2N/c1-19-15(11-10-12-6-3-2-4-7-12)16-13(17)8-5-9-14(16)18/h5,8-9,12,15,19H,2-4,6-7,10-11H2,1H3. The van der Waals surface area contributed by atoms with Crippen molar-refractivity contribution in [2.24, 2.45) is 5.92 Å². The van der Waals surface area contributed by atoms with Gasteiger partial charge in [0.1, 0.15) is 11.6 Å². The zero-order valence-corrected chi connectivity index (χ0v) is 11.6. The lowest BCUT2D eigenvalue weighted by molar-refractivity contribution is 0.314. The predicted molar refractivity (Wildman–Crippen MR) is 74.0 cm³/mol. The van der Waals surface area contributed by atoms with E-state index in [0.717, 1.165) is 18.8 Å². The molecule has 0 heterocycles. The smallest absolute Gasteiger partial charge is 0.130 e. The molecule has 1 fully saturated rings. The molecular weight excluding hydrogens is 244 g/mol. The predicted octanol–water partition coefficient (Wildman–Crippen LogP) is 4.59. The van der Waals surface area contributed by atoms with Gasteiger partial charge in [0, 0.05) is 11.6 Å². The fourth-order valence-corrected chi connectivity index (χ4v) is 3.15. The molecule has 19 heavy (non-hydrogen) atoms. The van der Waals surface area contributed by atoms with Gasteiger partial charge in [0.2, 0.25) is 0 Å². The first-order valence-electron chi connectivity index (χ1n) is 7.33. The summed E-state index contributed by atoms with van der Waals surface area (Å²) in [6, 6.07) is 3.87. The molecule has 106 valence electrons. The third kappa shape index (κ3) is 3.75. The first-order valence-corrected chi connectivity index (χ1v) is 7.33. The maximum absolute atomic E-state index is 13.8. The van der Waals surface area contributed by atoms with Gasteiger partial charge in [-0.25, -0.2) is 8.78 Å². The quantitative estimate of drug-likeness (QED) is 0.823. The minimum absolute atomic E-state index is 0.195. The molecule has 1 N–H and O–H groups in total. The van der Waals surface area contributed by atoms with Crippen LogP contribution < -0.4 is 5.32 Å². The molecule has 1 aromatic carbocycles. The SMILES string of the molecule is CNC(CCC1CCCCC1)c1c(F)cccc1F. The third-order valence-electron chi connectivity index (χ3n) is 4.28. The van der Waals surface area contributed by atoms with Crippen molar-refractivity contribution in [2.75, 3.05) is 7.05 Å². The molecule has 0 spiro atoms. The molecule has 2 rings (SSSR count). The Morgan fingerprint density at radius 2 is 1.79 bits per heavy atom. The fourth-order valence-electron chi connectivity index (χ4n) is 3.15. The second-order valence-corrected chi connectivity index (χ2v) is 5.56. The molecule has 1 aliphatic rings. The highest BCUT2D eigenvalue weighted by atomic mass is 19.1. The van der Waals surface area contributed by atoms with Crippen molar-refractivity contribution in [3.8, 4) is 0 Å². The molecule has 1 atom stereocenters. The van der Waals surface area contributed by atoms with Gasteiger partial charge in [-0.15, -0.1) is 0 Å². The second-order valence-electron chi connectivity index (χ2n) is 5.56. The van der Waals surface area contributed by atoms with Crippen molar-refractivity contribution in [2.45, 2.75) is 51.0 Å². The number of hydrogen-bond acceptors (Lipinski definition) is 1. The van der Waals surface area contributed by atoms with Crippen molar-refractivity contribution in [3.05, 3.63) is 35.4 Å². The van der Waals surface area contributed by atoms with Crippen molar-refractivity contribution in [1.82, 2.24) is 5.32 Å². The normalized spacial score (nSPS) is 18.5. The highest BCUT2D eigenvalue weighted by Crippen LogP contribution is 2.31. The fraction of sp³-hybridized carbons (Fsp3) is 0.625. The average Bonchev–Trinajstić information content (AvgIpc) is 2.43. The molecule has 1 aliphatic carbocycles. The van der Waals surface area contributed by atoms with Gasteiger partial charge in [0.15, 0.2) is 0 Å². The van der Waals surface area contributed by atoms with E-state index in [1.165, 1.54) is 50.3 Å². The topological polar surface area (TPSA) is 12.0 Å². The van der Waals surface area contributed by atoms with E-state index in [9.17, 15) is 8.78 Å². The molecule has 0 aliphatic heterocycles. The summed E-state index contributed by atoms with van der Waals surface area (Å²) >= 11 is 0. The molecule has 0 saturated heterocycles. The number of halogens is 2. The zero-order valence-electron chi connectivity index (χ0n) is 11.6. The monoisotopic (exact) mass is 267 g/mol. The summed E-state index contributed by atoms with van der Waals surface area (Å²) in [5.74, 6) is -0.148. The summed E-state index contributed by atoms with van der Waals surface area (Å²) in [4.78, 5) is 0. The van der Waals surface area contributed by atoms with E-state index >= 15 is 0 Å². The van der Waals surface area contributed by atoms with Crippen LogP contribution in [0, 0.1) is 17.6 Å². The Morgan fingerprint density at radius 1 is 1.16 bits per heavy atom. The number of rotatable bonds is 5. The van der Waals surface area contributed by atoms with Crippen molar-refractivity contribution >= 4 is 0 Å². The largest absolute Gasteiger partial charge is 0.313 e. The average molecular weight is 267 g/mol. The maximum Gasteiger partial charge on any atom is 0.130 e. The Bertz CT molecular complexity index is 379. The highest BCUT2D eigenvalue weighted by molar-refractivity contribution is 5.23. The molecule has 0 bridgehead atoms. The molecule has 1 unspecified atom stereocenters. The third-order valence-corrected chi connectivity index (χ3v) is 4.28. The number of benzene rings is 1. The Morgan fingerprint density at radius 3 is 2.37 bits per heavy atom. The van der Waals surface area contributed by atoms with Gasteiger partial charge in [0.25, 0.3) is 0 Å². The van der Waals surface area contributed by atoms with Crippen molar-refractivity contribution < 1.29 is 8.78 Å². The molecule has 1 aromatic rings. The lowest BCUT2D eigenvalue weighted by Crippen LogP contribution is -2.20. The van der Waals surface area contributed by atoms with Crippen LogP contribution in [0.5, 0.6) is 0 Å². The van der Waals surface area contributed by atoms with Crippen LogP contribution in [-0.2, 0) is 0 Å². The van der Waals surface area contributed by atoms with E-state index in [1.807, 2.05) is 0 Å². The summed E-state index contributed by atoms with van der Waals surface area (Å²) in [6.07, 6.45) is 8.37. The van der Waals surface area contributed by atoms with E-state index in [0.29, 0.717) is 0 Å². The van der Waals surface area contributed by atoms with Gasteiger partial charge in [0.05, 0.1) is 0 Å². The molecule has 1 nitrogen and oxygen atoms in total. The summed E-state index contributed by atoms with van der Waals surface area (Å²) in [7, 11) is 1.78. The minimum atomic E-state index is -0.442. The zero-order chi connectivity index (χ0) is 13.7. The molecular formula is C16H23F2N. The maximum atomic E-state index is 13.8. The lowest BCUT2D eigenvalue weighted by Gasteiger charge is -2.24. The Hall–Kier alpha value is -0.960. The Kier molecular flexibility index (Phi) is 5.32. The van der Waals surface area contributed by atoms with Gasteiger partial charge in [-0.1, -0.05) is 38.2 Å². The van der Waals surface area contributed by atoms with Gasteiger partial charge >= 0.3 is 0 Å². The van der Waals surface area contributed by atoms with Crippen LogP contribution in [0.15, 0.2) is 18.2 Å². The van der Waals surface area contributed by atoms with Gasteiger partial charge in [-0.3, -0.25) is 0 Å². The van der Waals surface area contributed by atoms with Crippen LogP contribution in [-0.4, -0.2) is 7.05 Å². The first kappa shape index (κ1) is 14.4. The molecule has 3 heteroatoms. The van der Waals surface area contributed by atoms with Gasteiger partial charge < -0.3 is 5.32 Å². The van der Waals surface area contributed by atoms with Crippen LogP contribution >= 0.6 is 0 Å². The Balaban J connectivity index is 1.99. The van der Waals surface area contributed by atoms with E-state index in [-0.39, 0.29) is 11.6 Å². The lowest BCUT2D eigenvalue weighted by atomic mass is 9.84. The number of hydrogen-bond donors (Lipinski definition) is 1. The molecule has 0 amide bonds. The van der Waals surface area contributed by atoms with Crippen LogP contribution in [0.1, 0.15) is 56.6 Å². The summed E-state index contributed by atoms with van der Waals surface area (Å²) in [5.41, 5.74) is 0.195. The van der Waals surface area contributed by atoms with Crippen molar-refractivity contribution in [3.63, 3.8) is 0 Å². The van der Waals surface area contributed by atoms with Crippen LogP contribution in [0.3, 0.4) is 0 Å². The molecule has 0 radical (unpaired) electrons. The summed E-state index contributed by atoms with van der Waals surface area (Å²) in [6.45, 7) is 0. The second kappa shape index (κ2) is 6.99. The van der Waals surface area contributed by atoms with Gasteiger partial charge in [-0.05, 0) is 37.9 Å². The van der Waals surface area contributed by atoms with E-state index in [4.69, 9.17) is 0 Å². The van der Waals surface area contributed by atoms with Crippen molar-refractivity contribution in [1.29, 1.82) is 0 Å². The van der Waals surface area contributed by atoms with E-state index in [2.05, 4.69) is 5.32 Å². The van der Waals surface area contributed by atoms with Crippen LogP contribution in [0.25, 0.3) is 0 Å². The molecule has 0 aromatic heterocycles. The summed E-state index contributed by atoms with van der Waals surface area (Å²) < 4.78 is 27.5. The molecule has 1 saturated carbocycles. The van der Waals surface area contributed by atoms with Gasteiger partial charge in [-0.2, -0.15) is 0 Å². The number of nitrogens with one attached hydrogen (secondary N) is 1. The van der Waals surface area contributed by atoms with Crippen LogP contribution in [0.4, 0.5) is 8.78 Å². The first-order chi connectivity index (χ1) is 9.22. The summed E-state index contributed by atoms with van der Waals surface area (Å²) in [5, 5.41) is 3.06. The van der Waals surface area contributed by atoms with E-state index in [1.54, 1.807) is 7.05 Å². The Labute approximate surface area is 114 Å². The highest BCUT2D eigenvalue weighted by Gasteiger charge is 2.21. The van der Waals surface area contributed by atoms with E-state index < -0.39 is 11.6 Å². The van der Waals surface area contributed by atoms with Crippen LogP contribution in [0.2, 0.25) is 0 Å². The minimum Gasteiger partial charge on any atom is -0.313 e.